The molecule has 196 valence electrons. The molecule has 1 saturated heterocycles. The normalized spacial score (nSPS) is 18.0. The summed E-state index contributed by atoms with van der Waals surface area (Å²) in [6.07, 6.45) is 2.48. The molecule has 2 rings (SSSR count). The first-order valence-corrected chi connectivity index (χ1v) is 12.4. The van der Waals surface area contributed by atoms with Gasteiger partial charge in [-0.1, -0.05) is 40.5 Å². The Balaban J connectivity index is 2.11. The molecular formula is C26H42N4O5. The van der Waals surface area contributed by atoms with Gasteiger partial charge in [-0.05, 0) is 43.0 Å². The summed E-state index contributed by atoms with van der Waals surface area (Å²) >= 11 is 0. The van der Waals surface area contributed by atoms with E-state index in [4.69, 9.17) is 4.74 Å². The Hall–Kier alpha value is -2.81. The van der Waals surface area contributed by atoms with Crippen molar-refractivity contribution in [1.29, 1.82) is 0 Å². The second kappa shape index (κ2) is 12.8. The van der Waals surface area contributed by atoms with Gasteiger partial charge in [-0.3, -0.25) is 19.6 Å². The minimum atomic E-state index is -0.720. The van der Waals surface area contributed by atoms with Crippen LogP contribution in [0.5, 0.6) is 5.75 Å². The summed E-state index contributed by atoms with van der Waals surface area (Å²) in [5.74, 6) is -0.225. The fourth-order valence-corrected chi connectivity index (χ4v) is 4.43. The predicted molar refractivity (Wildman–Crippen MR) is 135 cm³/mol. The van der Waals surface area contributed by atoms with E-state index in [9.17, 15) is 19.6 Å². The fraction of sp³-hybridized carbons (Fsp3) is 0.654. The quantitative estimate of drug-likeness (QED) is 0.281. The number of nitrogens with one attached hydrogen (secondary N) is 1. The van der Waals surface area contributed by atoms with Gasteiger partial charge in [-0.25, -0.2) is 5.06 Å². The molecule has 0 aromatic heterocycles. The minimum Gasteiger partial charge on any atom is -0.497 e. The number of anilines is 1. The van der Waals surface area contributed by atoms with Gasteiger partial charge in [-0.15, -0.1) is 0 Å². The van der Waals surface area contributed by atoms with E-state index in [1.165, 1.54) is 0 Å². The van der Waals surface area contributed by atoms with Gasteiger partial charge in [-0.2, -0.15) is 0 Å². The van der Waals surface area contributed by atoms with Gasteiger partial charge >= 0.3 is 0 Å². The molecule has 1 aliphatic rings. The molecule has 9 heteroatoms. The maximum Gasteiger partial charge on any atom is 0.245 e. The Morgan fingerprint density at radius 1 is 1.26 bits per heavy atom. The van der Waals surface area contributed by atoms with Gasteiger partial charge in [0, 0.05) is 31.4 Å². The van der Waals surface area contributed by atoms with Crippen molar-refractivity contribution in [3.8, 4) is 5.75 Å². The van der Waals surface area contributed by atoms with E-state index in [1.807, 2.05) is 56.9 Å². The van der Waals surface area contributed by atoms with Crippen LogP contribution in [-0.2, 0) is 14.4 Å². The molecule has 0 bridgehead atoms. The van der Waals surface area contributed by atoms with Crippen molar-refractivity contribution in [1.82, 2.24) is 15.3 Å². The number of rotatable bonds is 11. The lowest BCUT2D eigenvalue weighted by atomic mass is 9.85. The third-order valence-corrected chi connectivity index (χ3v) is 6.55. The first-order valence-electron chi connectivity index (χ1n) is 12.4. The number of carbonyl (C=O) groups is 3. The van der Waals surface area contributed by atoms with Gasteiger partial charge < -0.3 is 19.9 Å². The highest BCUT2D eigenvalue weighted by Crippen LogP contribution is 2.26. The Morgan fingerprint density at radius 3 is 2.43 bits per heavy atom. The average molecular weight is 491 g/mol. The Labute approximate surface area is 209 Å². The number of nitrogens with zero attached hydrogens (tertiary/aromatic N) is 3. The monoisotopic (exact) mass is 490 g/mol. The zero-order chi connectivity index (χ0) is 26.2. The zero-order valence-electron chi connectivity index (χ0n) is 22.0. The second-order valence-corrected chi connectivity index (χ2v) is 10.4. The summed E-state index contributed by atoms with van der Waals surface area (Å²) < 4.78 is 5.25. The van der Waals surface area contributed by atoms with Crippen molar-refractivity contribution in [2.24, 2.45) is 11.3 Å². The van der Waals surface area contributed by atoms with E-state index in [1.54, 1.807) is 7.11 Å². The van der Waals surface area contributed by atoms with E-state index in [2.05, 4.69) is 17.1 Å². The van der Waals surface area contributed by atoms with E-state index in [0.717, 1.165) is 24.3 Å². The van der Waals surface area contributed by atoms with Crippen LogP contribution in [0.3, 0.4) is 0 Å². The fourth-order valence-electron chi connectivity index (χ4n) is 4.43. The second-order valence-electron chi connectivity index (χ2n) is 10.4. The van der Waals surface area contributed by atoms with Crippen molar-refractivity contribution in [2.75, 3.05) is 38.2 Å². The molecule has 0 radical (unpaired) electrons. The van der Waals surface area contributed by atoms with Gasteiger partial charge in [0.2, 0.25) is 18.2 Å². The highest BCUT2D eigenvalue weighted by Gasteiger charge is 2.39. The number of piperazine rings is 1. The number of amides is 3. The van der Waals surface area contributed by atoms with Crippen LogP contribution in [0.1, 0.15) is 53.9 Å². The largest absolute Gasteiger partial charge is 0.497 e. The molecule has 3 unspecified atom stereocenters. The Morgan fingerprint density at radius 2 is 1.91 bits per heavy atom. The predicted octanol–water partition coefficient (Wildman–Crippen LogP) is 2.92. The number of benzene rings is 1. The van der Waals surface area contributed by atoms with Crippen LogP contribution in [0, 0.1) is 11.3 Å². The topological polar surface area (TPSA) is 102 Å². The third kappa shape index (κ3) is 7.85. The van der Waals surface area contributed by atoms with E-state index < -0.39 is 17.4 Å². The number of carbonyl (C=O) groups excluding carboxylic acids is 3. The molecule has 0 aliphatic carbocycles. The van der Waals surface area contributed by atoms with Crippen molar-refractivity contribution in [3.63, 3.8) is 0 Å². The molecule has 2 N–H and O–H groups in total. The summed E-state index contributed by atoms with van der Waals surface area (Å²) in [7, 11) is 1.64. The number of unbranched alkanes of at least 4 members (excludes halogenated alkanes) is 1. The number of ether oxygens (including phenoxy) is 1. The van der Waals surface area contributed by atoms with Gasteiger partial charge in [0.15, 0.2) is 0 Å². The SMILES string of the molecule is CCCCC(CN(O)C=O)C(=O)NC(C(=O)N1CCN(c2ccc(OC)cc2)C(C)C1)C(C)(C)C. The summed E-state index contributed by atoms with van der Waals surface area (Å²) in [5.41, 5.74) is 0.565. The minimum absolute atomic E-state index is 0.0992. The summed E-state index contributed by atoms with van der Waals surface area (Å²) in [6, 6.07) is 7.28. The van der Waals surface area contributed by atoms with E-state index in [0.29, 0.717) is 37.5 Å². The van der Waals surface area contributed by atoms with E-state index in [-0.39, 0.29) is 24.4 Å². The lowest BCUT2D eigenvalue weighted by Gasteiger charge is -2.44. The van der Waals surface area contributed by atoms with Crippen LogP contribution in [0.2, 0.25) is 0 Å². The standard InChI is InChI=1S/C26H42N4O5/c1-7-8-9-20(17-29(34)18-31)24(32)27-23(26(3,4)5)25(33)28-14-15-30(19(2)16-28)21-10-12-22(35-6)13-11-21/h10-13,18-20,23,34H,7-9,14-17H2,1-6H3,(H,27,32). The third-order valence-electron chi connectivity index (χ3n) is 6.55. The van der Waals surface area contributed by atoms with Crippen LogP contribution >= 0.6 is 0 Å². The summed E-state index contributed by atoms with van der Waals surface area (Å²) in [5, 5.41) is 13.1. The van der Waals surface area contributed by atoms with Crippen molar-refractivity contribution < 1.29 is 24.3 Å². The molecule has 1 heterocycles. The summed E-state index contributed by atoms with van der Waals surface area (Å²) in [4.78, 5) is 41.8. The van der Waals surface area contributed by atoms with E-state index >= 15 is 0 Å². The number of methoxy groups -OCH3 is 1. The smallest absolute Gasteiger partial charge is 0.245 e. The molecule has 3 atom stereocenters. The average Bonchev–Trinajstić information content (AvgIpc) is 2.83. The molecule has 1 aromatic carbocycles. The van der Waals surface area contributed by atoms with Crippen LogP contribution in [-0.4, -0.2) is 78.8 Å². The maximum atomic E-state index is 13.6. The maximum absolute atomic E-state index is 13.6. The van der Waals surface area contributed by atoms with Crippen LogP contribution < -0.4 is 15.0 Å². The molecule has 1 fully saturated rings. The van der Waals surface area contributed by atoms with Crippen LogP contribution in [0.4, 0.5) is 5.69 Å². The highest BCUT2D eigenvalue weighted by atomic mass is 16.5. The van der Waals surface area contributed by atoms with Crippen LogP contribution in [0.25, 0.3) is 0 Å². The first kappa shape index (κ1) is 28.4. The Bertz CT molecular complexity index is 839. The highest BCUT2D eigenvalue weighted by molar-refractivity contribution is 5.89. The first-order chi connectivity index (χ1) is 16.5. The number of hydrogen-bond acceptors (Lipinski definition) is 6. The molecule has 1 aromatic rings. The summed E-state index contributed by atoms with van der Waals surface area (Å²) in [6.45, 7) is 11.6. The van der Waals surface area contributed by atoms with Gasteiger partial charge in [0.25, 0.3) is 0 Å². The lowest BCUT2D eigenvalue weighted by Crippen LogP contribution is -2.61. The number of hydroxylamine groups is 2. The van der Waals surface area contributed by atoms with Gasteiger partial charge in [0.05, 0.1) is 19.6 Å². The van der Waals surface area contributed by atoms with Crippen molar-refractivity contribution in [2.45, 2.75) is 66.0 Å². The molecule has 3 amide bonds. The molecular weight excluding hydrogens is 448 g/mol. The molecule has 9 nitrogen and oxygen atoms in total. The van der Waals surface area contributed by atoms with Crippen molar-refractivity contribution in [3.05, 3.63) is 24.3 Å². The molecule has 1 aliphatic heterocycles. The zero-order valence-corrected chi connectivity index (χ0v) is 22.0. The van der Waals surface area contributed by atoms with Gasteiger partial charge in [0.1, 0.15) is 11.8 Å². The Kier molecular flexibility index (Phi) is 10.4. The molecule has 35 heavy (non-hydrogen) atoms. The van der Waals surface area contributed by atoms with Crippen LogP contribution in [0.15, 0.2) is 24.3 Å². The number of hydrogen-bond donors (Lipinski definition) is 2. The molecule has 0 spiro atoms. The van der Waals surface area contributed by atoms with Crippen molar-refractivity contribution >= 4 is 23.9 Å². The molecule has 0 saturated carbocycles. The lowest BCUT2D eigenvalue weighted by molar-refractivity contribution is -0.155.